The second-order valence-corrected chi connectivity index (χ2v) is 5.32. The van der Waals surface area contributed by atoms with E-state index in [0.29, 0.717) is 11.1 Å². The summed E-state index contributed by atoms with van der Waals surface area (Å²) in [6, 6.07) is 0. The van der Waals surface area contributed by atoms with E-state index in [1.807, 2.05) is 12.5 Å². The van der Waals surface area contributed by atoms with Gasteiger partial charge in [0.05, 0.1) is 19.5 Å². The molecule has 0 amide bonds. The highest BCUT2D eigenvalue weighted by Crippen LogP contribution is 2.38. The van der Waals surface area contributed by atoms with Crippen LogP contribution in [0.25, 0.3) is 0 Å². The molecular weight excluding hydrogens is 224 g/mol. The molecule has 2 nitrogen and oxygen atoms in total. The van der Waals surface area contributed by atoms with Crippen molar-refractivity contribution in [1.82, 2.24) is 0 Å². The van der Waals surface area contributed by atoms with E-state index < -0.39 is 0 Å². The standard InChI is InChI=1S/C8H8O2S3/c1-11-7-5(3-9)6(4-10)8(12-2)13-7/h3-4H,1-2H3. The number of hydrogen-bond acceptors (Lipinski definition) is 5. The minimum atomic E-state index is 0.539. The minimum absolute atomic E-state index is 0.539. The lowest BCUT2D eigenvalue weighted by Crippen LogP contribution is -1.86. The fourth-order valence-corrected chi connectivity index (χ4v) is 3.73. The van der Waals surface area contributed by atoms with Gasteiger partial charge in [-0.2, -0.15) is 0 Å². The fourth-order valence-electron chi connectivity index (χ4n) is 0.941. The molecule has 0 N–H and O–H groups in total. The maximum Gasteiger partial charge on any atom is 0.152 e. The molecule has 0 aliphatic heterocycles. The van der Waals surface area contributed by atoms with Crippen molar-refractivity contribution < 1.29 is 9.59 Å². The monoisotopic (exact) mass is 232 g/mol. The number of thioether (sulfide) groups is 2. The summed E-state index contributed by atoms with van der Waals surface area (Å²) in [7, 11) is 0. The van der Waals surface area contributed by atoms with Gasteiger partial charge in [0.2, 0.25) is 0 Å². The summed E-state index contributed by atoms with van der Waals surface area (Å²) in [6.45, 7) is 0. The van der Waals surface area contributed by atoms with Gasteiger partial charge >= 0.3 is 0 Å². The summed E-state index contributed by atoms with van der Waals surface area (Å²) < 4.78 is 1.84. The molecule has 0 radical (unpaired) electrons. The summed E-state index contributed by atoms with van der Waals surface area (Å²) in [5.74, 6) is 0. The fraction of sp³-hybridized carbons (Fsp3) is 0.250. The lowest BCUT2D eigenvalue weighted by atomic mass is 10.2. The zero-order chi connectivity index (χ0) is 9.84. The SMILES string of the molecule is CSc1sc(SC)c(C=O)c1C=O. The van der Waals surface area contributed by atoms with E-state index in [0.717, 1.165) is 21.0 Å². The lowest BCUT2D eigenvalue weighted by molar-refractivity contribution is 0.109. The van der Waals surface area contributed by atoms with Gasteiger partial charge in [0.15, 0.2) is 12.6 Å². The van der Waals surface area contributed by atoms with Crippen molar-refractivity contribution in [3.63, 3.8) is 0 Å². The zero-order valence-electron chi connectivity index (χ0n) is 7.20. The summed E-state index contributed by atoms with van der Waals surface area (Å²) in [5, 5.41) is 0. The van der Waals surface area contributed by atoms with E-state index in [1.165, 1.54) is 34.9 Å². The number of thiophene rings is 1. The van der Waals surface area contributed by atoms with E-state index >= 15 is 0 Å². The summed E-state index contributed by atoms with van der Waals surface area (Å²) in [5.41, 5.74) is 1.08. The third-order valence-corrected chi connectivity index (χ3v) is 5.01. The Morgan fingerprint density at radius 3 is 1.62 bits per heavy atom. The number of aldehydes is 2. The first-order chi connectivity index (χ1) is 6.28. The molecule has 1 rings (SSSR count). The topological polar surface area (TPSA) is 34.1 Å². The van der Waals surface area contributed by atoms with Gasteiger partial charge in [-0.25, -0.2) is 0 Å². The number of hydrogen-bond donors (Lipinski definition) is 0. The molecule has 0 saturated heterocycles. The molecule has 0 bridgehead atoms. The van der Waals surface area contributed by atoms with Crippen LogP contribution in [0.4, 0.5) is 0 Å². The van der Waals surface area contributed by atoms with Crippen LogP contribution >= 0.6 is 34.9 Å². The highest BCUT2D eigenvalue weighted by Gasteiger charge is 2.15. The van der Waals surface area contributed by atoms with E-state index in [1.54, 1.807) is 0 Å². The third kappa shape index (κ3) is 1.98. The van der Waals surface area contributed by atoms with Crippen LogP contribution in [0, 0.1) is 0 Å². The molecule has 0 spiro atoms. The van der Waals surface area contributed by atoms with Gasteiger partial charge in [0.1, 0.15) is 0 Å². The van der Waals surface area contributed by atoms with Crippen LogP contribution in [0.3, 0.4) is 0 Å². The van der Waals surface area contributed by atoms with E-state index in [9.17, 15) is 9.59 Å². The third-order valence-electron chi connectivity index (χ3n) is 1.52. The molecule has 0 aliphatic carbocycles. The molecule has 13 heavy (non-hydrogen) atoms. The first-order valence-corrected chi connectivity index (χ1v) is 6.70. The van der Waals surface area contributed by atoms with Gasteiger partial charge in [-0.1, -0.05) is 0 Å². The van der Waals surface area contributed by atoms with Crippen LogP contribution in [0.5, 0.6) is 0 Å². The van der Waals surface area contributed by atoms with Crippen LogP contribution in [0.2, 0.25) is 0 Å². The first kappa shape index (κ1) is 10.8. The van der Waals surface area contributed by atoms with Crippen molar-refractivity contribution in [3.8, 4) is 0 Å². The molecule has 1 heterocycles. The molecule has 0 unspecified atom stereocenters. The maximum absolute atomic E-state index is 10.7. The van der Waals surface area contributed by atoms with E-state index in [4.69, 9.17) is 0 Å². The van der Waals surface area contributed by atoms with Crippen LogP contribution in [0.15, 0.2) is 8.42 Å². The average Bonchev–Trinajstić information content (AvgIpc) is 2.54. The predicted molar refractivity (Wildman–Crippen MR) is 58.7 cm³/mol. The molecule has 0 saturated carbocycles. The summed E-state index contributed by atoms with van der Waals surface area (Å²) >= 11 is 4.50. The second kappa shape index (κ2) is 4.83. The van der Waals surface area contributed by atoms with Crippen molar-refractivity contribution in [2.24, 2.45) is 0 Å². The molecule has 1 aromatic heterocycles. The van der Waals surface area contributed by atoms with Crippen LogP contribution < -0.4 is 0 Å². The normalized spacial score (nSPS) is 10.0. The Bertz CT molecular complexity index is 300. The van der Waals surface area contributed by atoms with Crippen molar-refractivity contribution >= 4 is 47.4 Å². The molecule has 0 fully saturated rings. The summed E-state index contributed by atoms with van der Waals surface area (Å²) in [6.07, 6.45) is 5.31. The number of rotatable bonds is 4. The van der Waals surface area contributed by atoms with E-state index in [2.05, 4.69) is 0 Å². The predicted octanol–water partition coefficient (Wildman–Crippen LogP) is 2.82. The zero-order valence-corrected chi connectivity index (χ0v) is 9.65. The van der Waals surface area contributed by atoms with Crippen LogP contribution in [0.1, 0.15) is 20.7 Å². The van der Waals surface area contributed by atoms with Gasteiger partial charge in [-0.15, -0.1) is 34.9 Å². The van der Waals surface area contributed by atoms with Crippen molar-refractivity contribution in [1.29, 1.82) is 0 Å². The number of carbonyl (C=O) groups excluding carboxylic acids is 2. The van der Waals surface area contributed by atoms with Crippen molar-refractivity contribution in [2.45, 2.75) is 8.42 Å². The second-order valence-electron chi connectivity index (χ2n) is 2.15. The lowest BCUT2D eigenvalue weighted by Gasteiger charge is -1.90. The maximum atomic E-state index is 10.7. The molecule has 5 heteroatoms. The van der Waals surface area contributed by atoms with Gasteiger partial charge < -0.3 is 0 Å². The Hall–Kier alpha value is -0.260. The molecule has 70 valence electrons. The smallest absolute Gasteiger partial charge is 0.152 e. The average molecular weight is 232 g/mol. The van der Waals surface area contributed by atoms with E-state index in [-0.39, 0.29) is 0 Å². The highest BCUT2D eigenvalue weighted by atomic mass is 32.2. The van der Waals surface area contributed by atoms with Crippen molar-refractivity contribution in [2.75, 3.05) is 12.5 Å². The van der Waals surface area contributed by atoms with Crippen molar-refractivity contribution in [3.05, 3.63) is 11.1 Å². The Morgan fingerprint density at radius 1 is 1.00 bits per heavy atom. The molecular formula is C8H8O2S3. The van der Waals surface area contributed by atoms with Gasteiger partial charge in [0, 0.05) is 0 Å². The first-order valence-electron chi connectivity index (χ1n) is 3.43. The Morgan fingerprint density at radius 2 is 1.38 bits per heavy atom. The summed E-state index contributed by atoms with van der Waals surface area (Å²) in [4.78, 5) is 21.4. The highest BCUT2D eigenvalue weighted by molar-refractivity contribution is 8.02. The molecule has 0 aliphatic rings. The van der Waals surface area contributed by atoms with Gasteiger partial charge in [-0.3, -0.25) is 9.59 Å². The Labute approximate surface area is 89.1 Å². The largest absolute Gasteiger partial charge is 0.298 e. The Kier molecular flexibility index (Phi) is 4.02. The van der Waals surface area contributed by atoms with Gasteiger partial charge in [0.25, 0.3) is 0 Å². The van der Waals surface area contributed by atoms with Gasteiger partial charge in [-0.05, 0) is 12.5 Å². The Balaban J connectivity index is 3.33. The number of carbonyl (C=O) groups is 2. The van der Waals surface area contributed by atoms with Crippen LogP contribution in [-0.4, -0.2) is 25.1 Å². The quantitative estimate of drug-likeness (QED) is 0.590. The minimum Gasteiger partial charge on any atom is -0.298 e. The molecule has 1 aromatic rings. The molecule has 0 atom stereocenters. The van der Waals surface area contributed by atoms with Crippen LogP contribution in [-0.2, 0) is 0 Å². The molecule has 0 aromatic carbocycles.